The Labute approximate surface area is 129 Å². The van der Waals surface area contributed by atoms with E-state index in [1.165, 1.54) is 0 Å². The standard InChI is InChI=1S/C16H22BrNO2/c1-11-10-13(17)4-5-14(11)15(19)20-16(2,3)12-6-8-18-9-7-12/h4-5,10,12,18H,6-9H2,1-3H3/p+1. The van der Waals surface area contributed by atoms with Gasteiger partial charge in [0, 0.05) is 23.2 Å². The molecule has 0 saturated carbocycles. The van der Waals surface area contributed by atoms with E-state index in [1.807, 2.05) is 39.0 Å². The number of hydrogen-bond acceptors (Lipinski definition) is 2. The minimum absolute atomic E-state index is 0.213. The number of carbonyl (C=O) groups excluding carboxylic acids is 1. The number of benzene rings is 1. The van der Waals surface area contributed by atoms with Crippen molar-refractivity contribution in [1.29, 1.82) is 0 Å². The van der Waals surface area contributed by atoms with Gasteiger partial charge in [0.1, 0.15) is 5.60 Å². The number of hydrogen-bond donors (Lipinski definition) is 1. The molecule has 0 amide bonds. The van der Waals surface area contributed by atoms with E-state index in [4.69, 9.17) is 4.74 Å². The Bertz CT molecular complexity index is 493. The minimum Gasteiger partial charge on any atom is -0.456 e. The molecule has 0 aromatic heterocycles. The molecule has 1 aromatic rings. The van der Waals surface area contributed by atoms with E-state index in [1.54, 1.807) is 0 Å². The Morgan fingerprint density at radius 2 is 2.00 bits per heavy atom. The average molecular weight is 341 g/mol. The second kappa shape index (κ2) is 6.27. The number of carbonyl (C=O) groups is 1. The summed E-state index contributed by atoms with van der Waals surface area (Å²) >= 11 is 3.41. The third-order valence-electron chi connectivity index (χ3n) is 4.19. The van der Waals surface area contributed by atoms with Crippen LogP contribution in [0.25, 0.3) is 0 Å². The fourth-order valence-corrected chi connectivity index (χ4v) is 3.33. The first kappa shape index (κ1) is 15.5. The number of aryl methyl sites for hydroxylation is 1. The van der Waals surface area contributed by atoms with Crippen LogP contribution in [0.2, 0.25) is 0 Å². The number of rotatable bonds is 3. The Balaban J connectivity index is 2.09. The van der Waals surface area contributed by atoms with E-state index in [9.17, 15) is 4.79 Å². The molecular weight excluding hydrogens is 318 g/mol. The highest BCUT2D eigenvalue weighted by atomic mass is 79.9. The van der Waals surface area contributed by atoms with Gasteiger partial charge in [-0.2, -0.15) is 0 Å². The zero-order valence-corrected chi connectivity index (χ0v) is 14.0. The van der Waals surface area contributed by atoms with Crippen molar-refractivity contribution in [2.75, 3.05) is 13.1 Å². The summed E-state index contributed by atoms with van der Waals surface area (Å²) in [5, 5.41) is 2.33. The van der Waals surface area contributed by atoms with Crippen molar-refractivity contribution in [2.45, 2.75) is 39.2 Å². The van der Waals surface area contributed by atoms with Crippen LogP contribution in [0.15, 0.2) is 22.7 Å². The topological polar surface area (TPSA) is 42.9 Å². The number of quaternary nitrogens is 1. The summed E-state index contributed by atoms with van der Waals surface area (Å²) in [4.78, 5) is 12.4. The van der Waals surface area contributed by atoms with Gasteiger partial charge in [0.2, 0.25) is 0 Å². The number of esters is 1. The molecule has 2 rings (SSSR count). The molecule has 2 N–H and O–H groups in total. The van der Waals surface area contributed by atoms with Gasteiger partial charge in [-0.05, 0) is 44.5 Å². The summed E-state index contributed by atoms with van der Waals surface area (Å²) in [5.41, 5.74) is 1.20. The first-order chi connectivity index (χ1) is 9.40. The summed E-state index contributed by atoms with van der Waals surface area (Å²) in [6, 6.07) is 5.65. The van der Waals surface area contributed by atoms with Crippen LogP contribution >= 0.6 is 15.9 Å². The molecule has 1 heterocycles. The molecule has 0 radical (unpaired) electrons. The molecular formula is C16H23BrNO2+. The van der Waals surface area contributed by atoms with Crippen molar-refractivity contribution >= 4 is 21.9 Å². The van der Waals surface area contributed by atoms with E-state index in [-0.39, 0.29) is 5.97 Å². The quantitative estimate of drug-likeness (QED) is 0.859. The normalized spacial score (nSPS) is 17.0. The van der Waals surface area contributed by atoms with E-state index in [0.29, 0.717) is 11.5 Å². The van der Waals surface area contributed by atoms with Crippen molar-refractivity contribution in [2.24, 2.45) is 5.92 Å². The van der Waals surface area contributed by atoms with Gasteiger partial charge in [0.25, 0.3) is 0 Å². The second-order valence-electron chi connectivity index (χ2n) is 6.09. The largest absolute Gasteiger partial charge is 0.456 e. The van der Waals surface area contributed by atoms with Crippen LogP contribution in [0.3, 0.4) is 0 Å². The van der Waals surface area contributed by atoms with Crippen molar-refractivity contribution in [1.82, 2.24) is 0 Å². The Morgan fingerprint density at radius 3 is 2.60 bits per heavy atom. The molecule has 0 spiro atoms. The highest BCUT2D eigenvalue weighted by Gasteiger charge is 2.35. The van der Waals surface area contributed by atoms with Gasteiger partial charge in [-0.3, -0.25) is 0 Å². The first-order valence-electron chi connectivity index (χ1n) is 7.21. The third-order valence-corrected chi connectivity index (χ3v) is 4.68. The summed E-state index contributed by atoms with van der Waals surface area (Å²) in [7, 11) is 0. The maximum absolute atomic E-state index is 12.4. The lowest BCUT2D eigenvalue weighted by Crippen LogP contribution is -2.86. The molecule has 1 fully saturated rings. The molecule has 0 atom stereocenters. The maximum Gasteiger partial charge on any atom is 0.338 e. The van der Waals surface area contributed by atoms with Crippen LogP contribution < -0.4 is 5.32 Å². The Morgan fingerprint density at radius 1 is 1.35 bits per heavy atom. The molecule has 1 aliphatic heterocycles. The highest BCUT2D eigenvalue weighted by Crippen LogP contribution is 2.29. The van der Waals surface area contributed by atoms with E-state index < -0.39 is 5.60 Å². The van der Waals surface area contributed by atoms with Gasteiger partial charge in [0.15, 0.2) is 0 Å². The minimum atomic E-state index is -0.398. The lowest BCUT2D eigenvalue weighted by atomic mass is 9.83. The van der Waals surface area contributed by atoms with E-state index >= 15 is 0 Å². The predicted octanol–water partition coefficient (Wildman–Crippen LogP) is 2.67. The summed E-state index contributed by atoms with van der Waals surface area (Å²) in [6.07, 6.45) is 2.22. The van der Waals surface area contributed by atoms with E-state index in [2.05, 4.69) is 21.2 Å². The van der Waals surface area contributed by atoms with Gasteiger partial charge in [-0.1, -0.05) is 15.9 Å². The van der Waals surface area contributed by atoms with Crippen molar-refractivity contribution < 1.29 is 14.8 Å². The summed E-state index contributed by atoms with van der Waals surface area (Å²) in [6.45, 7) is 8.26. The SMILES string of the molecule is Cc1cc(Br)ccc1C(=O)OC(C)(C)C1CC[NH2+]CC1. The second-order valence-corrected chi connectivity index (χ2v) is 7.01. The fourth-order valence-electron chi connectivity index (χ4n) is 2.86. The third kappa shape index (κ3) is 3.61. The molecule has 4 heteroatoms. The number of piperidine rings is 1. The van der Waals surface area contributed by atoms with E-state index in [0.717, 1.165) is 36.0 Å². The fraction of sp³-hybridized carbons (Fsp3) is 0.562. The molecule has 0 unspecified atom stereocenters. The van der Waals surface area contributed by atoms with Crippen molar-refractivity contribution in [3.63, 3.8) is 0 Å². The van der Waals surface area contributed by atoms with Crippen molar-refractivity contribution in [3.8, 4) is 0 Å². The molecule has 0 bridgehead atoms. The van der Waals surface area contributed by atoms with Gasteiger partial charge < -0.3 is 10.1 Å². The van der Waals surface area contributed by atoms with Crippen LogP contribution in [-0.4, -0.2) is 24.7 Å². The van der Waals surface area contributed by atoms with Crippen LogP contribution in [0.1, 0.15) is 42.6 Å². The van der Waals surface area contributed by atoms with Gasteiger partial charge in [0.05, 0.1) is 18.7 Å². The van der Waals surface area contributed by atoms with Crippen molar-refractivity contribution in [3.05, 3.63) is 33.8 Å². The Kier molecular flexibility index (Phi) is 4.86. The van der Waals surface area contributed by atoms with Crippen LogP contribution in [0.4, 0.5) is 0 Å². The summed E-state index contributed by atoms with van der Waals surface area (Å²) in [5.74, 6) is 0.238. The first-order valence-corrected chi connectivity index (χ1v) is 8.00. The highest BCUT2D eigenvalue weighted by molar-refractivity contribution is 9.10. The lowest BCUT2D eigenvalue weighted by molar-refractivity contribution is -0.665. The van der Waals surface area contributed by atoms with Gasteiger partial charge in [-0.25, -0.2) is 4.79 Å². The number of ether oxygens (including phenoxy) is 1. The molecule has 110 valence electrons. The monoisotopic (exact) mass is 340 g/mol. The smallest absolute Gasteiger partial charge is 0.338 e. The lowest BCUT2D eigenvalue weighted by Gasteiger charge is -2.35. The predicted molar refractivity (Wildman–Crippen MR) is 82.8 cm³/mol. The zero-order chi connectivity index (χ0) is 14.8. The molecule has 3 nitrogen and oxygen atoms in total. The van der Waals surface area contributed by atoms with Crippen LogP contribution in [-0.2, 0) is 4.74 Å². The van der Waals surface area contributed by atoms with Crippen LogP contribution in [0, 0.1) is 12.8 Å². The zero-order valence-electron chi connectivity index (χ0n) is 12.4. The van der Waals surface area contributed by atoms with Gasteiger partial charge in [-0.15, -0.1) is 0 Å². The molecule has 1 saturated heterocycles. The molecule has 1 aliphatic rings. The molecule has 0 aliphatic carbocycles. The summed E-state index contributed by atoms with van der Waals surface area (Å²) < 4.78 is 6.80. The van der Waals surface area contributed by atoms with Gasteiger partial charge >= 0.3 is 5.97 Å². The number of nitrogens with two attached hydrogens (primary N) is 1. The Hall–Kier alpha value is -0.870. The average Bonchev–Trinajstić information content (AvgIpc) is 2.39. The molecule has 1 aromatic carbocycles. The molecule has 20 heavy (non-hydrogen) atoms. The maximum atomic E-state index is 12.4. The number of halogens is 1. The van der Waals surface area contributed by atoms with Crippen LogP contribution in [0.5, 0.6) is 0 Å².